The molecule has 0 radical (unpaired) electrons. The molecule has 3 aromatic rings. The highest BCUT2D eigenvalue weighted by atomic mass is 16.5. The molecule has 136 valence electrons. The van der Waals surface area contributed by atoms with Crippen LogP contribution in [-0.4, -0.2) is 24.7 Å². The molecule has 0 amide bonds. The summed E-state index contributed by atoms with van der Waals surface area (Å²) in [7, 11) is 3.00. The molecule has 0 saturated carbocycles. The van der Waals surface area contributed by atoms with Gasteiger partial charge in [-0.2, -0.15) is 0 Å². The summed E-state index contributed by atoms with van der Waals surface area (Å²) in [6, 6.07) is 9.47. The van der Waals surface area contributed by atoms with E-state index < -0.39 is 11.2 Å². The summed E-state index contributed by atoms with van der Waals surface area (Å²) in [5.74, 6) is -0.293. The number of esters is 1. The summed E-state index contributed by atoms with van der Waals surface area (Å²) >= 11 is 0. The van der Waals surface area contributed by atoms with Gasteiger partial charge in [-0.25, -0.2) is 9.78 Å². The molecule has 26 heavy (non-hydrogen) atoms. The van der Waals surface area contributed by atoms with Crippen LogP contribution in [0.4, 0.5) is 0 Å². The van der Waals surface area contributed by atoms with Crippen molar-refractivity contribution >= 4 is 17.1 Å². The van der Waals surface area contributed by atoms with Gasteiger partial charge in [0.25, 0.3) is 5.56 Å². The molecule has 0 aliphatic rings. The van der Waals surface area contributed by atoms with Gasteiger partial charge in [0.05, 0.1) is 6.33 Å². The Morgan fingerprint density at radius 3 is 2.58 bits per heavy atom. The van der Waals surface area contributed by atoms with E-state index in [4.69, 9.17) is 4.74 Å². The average Bonchev–Trinajstić information content (AvgIpc) is 3.08. The van der Waals surface area contributed by atoms with Gasteiger partial charge in [0, 0.05) is 27.1 Å². The first-order valence-electron chi connectivity index (χ1n) is 8.29. The van der Waals surface area contributed by atoms with Crippen molar-refractivity contribution < 1.29 is 9.53 Å². The van der Waals surface area contributed by atoms with E-state index in [1.54, 1.807) is 11.6 Å². The molecule has 0 aliphatic carbocycles. The Morgan fingerprint density at radius 2 is 1.85 bits per heavy atom. The Balaban J connectivity index is 1.63. The van der Waals surface area contributed by atoms with E-state index in [1.165, 1.54) is 17.9 Å². The highest BCUT2D eigenvalue weighted by Gasteiger charge is 2.14. The lowest BCUT2D eigenvalue weighted by molar-refractivity contribution is -0.145. The van der Waals surface area contributed by atoms with Crippen molar-refractivity contribution in [2.75, 3.05) is 0 Å². The van der Waals surface area contributed by atoms with Crippen LogP contribution in [0.3, 0.4) is 0 Å². The topological polar surface area (TPSA) is 88.1 Å². The standard InChI is InChI=1S/C18H20N4O4/c1-20-16-15(17(24)21(2)18(20)25)22(12-19-16)10-6-9-14(23)26-11-13-7-4-3-5-8-13/h3-5,7-8,12H,6,9-11H2,1-2H3. The van der Waals surface area contributed by atoms with Crippen molar-refractivity contribution in [3.8, 4) is 0 Å². The maximum atomic E-state index is 12.3. The fourth-order valence-corrected chi connectivity index (χ4v) is 2.77. The van der Waals surface area contributed by atoms with Crippen LogP contribution in [0.25, 0.3) is 11.2 Å². The van der Waals surface area contributed by atoms with Gasteiger partial charge in [-0.15, -0.1) is 0 Å². The molecule has 0 unspecified atom stereocenters. The Kier molecular flexibility index (Phi) is 5.01. The fraction of sp³-hybridized carbons (Fsp3) is 0.333. The molecule has 0 fully saturated rings. The summed E-state index contributed by atoms with van der Waals surface area (Å²) in [5, 5.41) is 0. The Labute approximate surface area is 149 Å². The van der Waals surface area contributed by atoms with E-state index in [1.807, 2.05) is 30.3 Å². The van der Waals surface area contributed by atoms with Gasteiger partial charge < -0.3 is 9.30 Å². The van der Waals surface area contributed by atoms with Crippen molar-refractivity contribution in [3.63, 3.8) is 0 Å². The third-order valence-corrected chi connectivity index (χ3v) is 4.24. The fourth-order valence-electron chi connectivity index (χ4n) is 2.77. The first-order valence-corrected chi connectivity index (χ1v) is 8.29. The van der Waals surface area contributed by atoms with Crippen LogP contribution in [-0.2, 0) is 36.8 Å². The lowest BCUT2D eigenvalue weighted by Crippen LogP contribution is -2.37. The molecule has 2 heterocycles. The number of carbonyl (C=O) groups excluding carboxylic acids is 1. The second-order valence-electron chi connectivity index (χ2n) is 6.07. The summed E-state index contributed by atoms with van der Waals surface area (Å²) < 4.78 is 9.29. The van der Waals surface area contributed by atoms with E-state index >= 15 is 0 Å². The second kappa shape index (κ2) is 7.38. The Bertz CT molecular complexity index is 1050. The first-order chi connectivity index (χ1) is 12.5. The third-order valence-electron chi connectivity index (χ3n) is 4.24. The maximum absolute atomic E-state index is 12.3. The molecule has 0 saturated heterocycles. The van der Waals surface area contributed by atoms with Crippen molar-refractivity contribution in [2.24, 2.45) is 14.1 Å². The number of aryl methyl sites for hydroxylation is 2. The van der Waals surface area contributed by atoms with Crippen LogP contribution in [0.1, 0.15) is 18.4 Å². The normalized spacial score (nSPS) is 11.0. The molecule has 2 aromatic heterocycles. The molecular weight excluding hydrogens is 336 g/mol. The molecule has 3 rings (SSSR count). The smallest absolute Gasteiger partial charge is 0.332 e. The number of nitrogens with zero attached hydrogens (tertiary/aromatic N) is 4. The maximum Gasteiger partial charge on any atom is 0.332 e. The van der Waals surface area contributed by atoms with E-state index in [0.717, 1.165) is 10.1 Å². The van der Waals surface area contributed by atoms with Crippen molar-refractivity contribution in [2.45, 2.75) is 26.0 Å². The zero-order valence-corrected chi connectivity index (χ0v) is 14.7. The predicted molar refractivity (Wildman–Crippen MR) is 95.7 cm³/mol. The van der Waals surface area contributed by atoms with Gasteiger partial charge in [0.15, 0.2) is 11.2 Å². The van der Waals surface area contributed by atoms with Gasteiger partial charge >= 0.3 is 11.7 Å². The number of aromatic nitrogens is 4. The van der Waals surface area contributed by atoms with Gasteiger partial charge in [-0.3, -0.25) is 18.7 Å². The van der Waals surface area contributed by atoms with Crippen LogP contribution in [0, 0.1) is 0 Å². The molecule has 8 heteroatoms. The van der Waals surface area contributed by atoms with Crippen molar-refractivity contribution in [1.82, 2.24) is 18.7 Å². The third kappa shape index (κ3) is 3.44. The highest BCUT2D eigenvalue weighted by Crippen LogP contribution is 2.08. The summed E-state index contributed by atoms with van der Waals surface area (Å²) in [6.07, 6.45) is 2.25. The van der Waals surface area contributed by atoms with Crippen LogP contribution in [0.15, 0.2) is 46.2 Å². The van der Waals surface area contributed by atoms with E-state index in [9.17, 15) is 14.4 Å². The van der Waals surface area contributed by atoms with Crippen LogP contribution < -0.4 is 11.2 Å². The van der Waals surface area contributed by atoms with E-state index in [2.05, 4.69) is 4.98 Å². The number of imidazole rings is 1. The van der Waals surface area contributed by atoms with Gasteiger partial charge in [-0.1, -0.05) is 30.3 Å². The zero-order valence-electron chi connectivity index (χ0n) is 14.7. The van der Waals surface area contributed by atoms with Crippen molar-refractivity contribution in [3.05, 3.63) is 63.1 Å². The number of fused-ring (bicyclic) bond motifs is 1. The molecule has 0 bridgehead atoms. The Hall–Kier alpha value is -3.16. The Morgan fingerprint density at radius 1 is 1.12 bits per heavy atom. The van der Waals surface area contributed by atoms with Crippen LogP contribution in [0.5, 0.6) is 0 Å². The highest BCUT2D eigenvalue weighted by molar-refractivity contribution is 5.70. The van der Waals surface area contributed by atoms with Gasteiger partial charge in [-0.05, 0) is 12.0 Å². The lowest BCUT2D eigenvalue weighted by atomic mass is 10.2. The minimum atomic E-state index is -0.419. The quantitative estimate of drug-likeness (QED) is 0.614. The van der Waals surface area contributed by atoms with E-state index in [-0.39, 0.29) is 19.0 Å². The molecule has 0 atom stereocenters. The first kappa shape index (κ1) is 17.7. The average molecular weight is 356 g/mol. The van der Waals surface area contributed by atoms with Gasteiger partial charge in [0.2, 0.25) is 0 Å². The summed E-state index contributed by atoms with van der Waals surface area (Å²) in [5.41, 5.74) is 0.812. The van der Waals surface area contributed by atoms with Crippen LogP contribution >= 0.6 is 0 Å². The number of hydrogen-bond acceptors (Lipinski definition) is 5. The molecule has 0 aliphatic heterocycles. The van der Waals surface area contributed by atoms with Gasteiger partial charge in [0.1, 0.15) is 6.61 Å². The summed E-state index contributed by atoms with van der Waals surface area (Å²) in [4.78, 5) is 40.3. The molecule has 0 spiro atoms. The number of hydrogen-bond donors (Lipinski definition) is 0. The number of carbonyl (C=O) groups is 1. The summed E-state index contributed by atoms with van der Waals surface area (Å²) in [6.45, 7) is 0.681. The molecular formula is C18H20N4O4. The largest absolute Gasteiger partial charge is 0.461 e. The second-order valence-corrected chi connectivity index (χ2v) is 6.07. The molecule has 8 nitrogen and oxygen atoms in total. The predicted octanol–water partition coefficient (Wildman–Crippen LogP) is 0.957. The lowest BCUT2D eigenvalue weighted by Gasteiger charge is -2.07. The SMILES string of the molecule is Cn1c(=O)c2c(ncn2CCCC(=O)OCc2ccccc2)n(C)c1=O. The van der Waals surface area contributed by atoms with E-state index in [0.29, 0.717) is 24.1 Å². The number of benzene rings is 1. The monoisotopic (exact) mass is 356 g/mol. The number of ether oxygens (including phenoxy) is 1. The van der Waals surface area contributed by atoms with Crippen LogP contribution in [0.2, 0.25) is 0 Å². The number of rotatable bonds is 6. The molecule has 0 N–H and O–H groups in total. The zero-order chi connectivity index (χ0) is 18.7. The minimum Gasteiger partial charge on any atom is -0.461 e. The van der Waals surface area contributed by atoms with Crippen molar-refractivity contribution in [1.29, 1.82) is 0 Å². The minimum absolute atomic E-state index is 0.235. The molecule has 1 aromatic carbocycles.